The molecule has 1 aromatic carbocycles. The first-order valence-corrected chi connectivity index (χ1v) is 6.41. The van der Waals surface area contributed by atoms with Crippen LogP contribution in [-0.4, -0.2) is 19.0 Å². The normalized spacial score (nSPS) is 20.7. The fourth-order valence-corrected chi connectivity index (χ4v) is 2.56. The highest BCUT2D eigenvalue weighted by Gasteiger charge is 2.15. The van der Waals surface area contributed by atoms with Crippen molar-refractivity contribution in [2.75, 3.05) is 19.0 Å². The van der Waals surface area contributed by atoms with Crippen molar-refractivity contribution in [1.29, 1.82) is 0 Å². The van der Waals surface area contributed by atoms with Gasteiger partial charge in [-0.2, -0.15) is 0 Å². The first-order valence-electron chi connectivity index (χ1n) is 5.42. The molecule has 0 amide bonds. The molecule has 1 N–H and O–H groups in total. The molecular formula is C12H16FNS. The highest BCUT2D eigenvalue weighted by molar-refractivity contribution is 7.99. The largest absolute Gasteiger partial charge is 0.310 e. The molecule has 15 heavy (non-hydrogen) atoms. The zero-order valence-electron chi connectivity index (χ0n) is 8.71. The maximum Gasteiger partial charge on any atom is 0.0988 e. The van der Waals surface area contributed by atoms with Gasteiger partial charge in [-0.15, -0.1) is 11.8 Å². The van der Waals surface area contributed by atoms with Crippen LogP contribution in [0.3, 0.4) is 0 Å². The van der Waals surface area contributed by atoms with Gasteiger partial charge in [-0.05, 0) is 37.1 Å². The van der Waals surface area contributed by atoms with Crippen LogP contribution in [0.5, 0.6) is 0 Å². The highest BCUT2D eigenvalue weighted by atomic mass is 32.2. The van der Waals surface area contributed by atoms with Gasteiger partial charge in [0.05, 0.1) is 6.67 Å². The molecule has 1 aliphatic rings. The van der Waals surface area contributed by atoms with E-state index in [0.717, 1.165) is 11.4 Å². The molecule has 82 valence electrons. The van der Waals surface area contributed by atoms with Crippen LogP contribution in [0.15, 0.2) is 29.2 Å². The first-order chi connectivity index (χ1) is 7.40. The Balaban J connectivity index is 1.96. The van der Waals surface area contributed by atoms with Crippen molar-refractivity contribution in [3.63, 3.8) is 0 Å². The number of hydrogen-bond donors (Lipinski definition) is 1. The van der Waals surface area contributed by atoms with Crippen LogP contribution < -0.4 is 5.32 Å². The number of nitrogens with one attached hydrogen (secondary N) is 1. The fraction of sp³-hybridized carbons (Fsp3) is 0.500. The topological polar surface area (TPSA) is 12.0 Å². The van der Waals surface area contributed by atoms with Crippen molar-refractivity contribution in [2.45, 2.75) is 23.8 Å². The smallest absolute Gasteiger partial charge is 0.0988 e. The van der Waals surface area contributed by atoms with Crippen LogP contribution >= 0.6 is 11.8 Å². The number of rotatable bonds is 4. The molecule has 3 heteroatoms. The summed E-state index contributed by atoms with van der Waals surface area (Å²) in [6.07, 6.45) is 2.50. The molecule has 0 aliphatic carbocycles. The van der Waals surface area contributed by atoms with Gasteiger partial charge in [-0.25, -0.2) is 0 Å². The van der Waals surface area contributed by atoms with E-state index in [4.69, 9.17) is 0 Å². The molecule has 2 rings (SSSR count). The van der Waals surface area contributed by atoms with Crippen molar-refractivity contribution in [3.8, 4) is 0 Å². The van der Waals surface area contributed by atoms with Gasteiger partial charge in [-0.3, -0.25) is 4.39 Å². The Bertz CT molecular complexity index is 293. The third-order valence-electron chi connectivity index (χ3n) is 2.69. The van der Waals surface area contributed by atoms with Crippen LogP contribution in [-0.2, 0) is 0 Å². The molecule has 1 fully saturated rings. The summed E-state index contributed by atoms with van der Waals surface area (Å²) in [6.45, 7) is 0.875. The third kappa shape index (κ3) is 2.95. The molecule has 1 aromatic rings. The molecule has 0 radical (unpaired) electrons. The molecule has 0 aromatic heterocycles. The Morgan fingerprint density at radius 1 is 1.33 bits per heavy atom. The molecule has 1 unspecified atom stereocenters. The minimum absolute atomic E-state index is 0.253. The lowest BCUT2D eigenvalue weighted by molar-refractivity contribution is 0.533. The number of benzene rings is 1. The second-order valence-corrected chi connectivity index (χ2v) is 4.92. The van der Waals surface area contributed by atoms with Crippen LogP contribution in [0.1, 0.15) is 24.4 Å². The minimum Gasteiger partial charge on any atom is -0.310 e. The van der Waals surface area contributed by atoms with E-state index in [-0.39, 0.29) is 6.67 Å². The molecule has 1 atom stereocenters. The summed E-state index contributed by atoms with van der Waals surface area (Å²) < 4.78 is 12.0. The molecule has 1 aliphatic heterocycles. The molecule has 1 nitrogen and oxygen atoms in total. The lowest BCUT2D eigenvalue weighted by Gasteiger charge is -2.10. The van der Waals surface area contributed by atoms with Crippen molar-refractivity contribution >= 4 is 11.8 Å². The van der Waals surface area contributed by atoms with E-state index in [2.05, 4.69) is 29.6 Å². The first kappa shape index (κ1) is 11.0. The standard InChI is InChI=1S/C12H16FNS/c13-7-9-15-11-5-3-10(4-6-11)12-2-1-8-14-12/h3-6,12,14H,1-2,7-9H2. The summed E-state index contributed by atoms with van der Waals surface area (Å²) in [5.41, 5.74) is 1.36. The number of alkyl halides is 1. The molecule has 0 spiro atoms. The van der Waals surface area contributed by atoms with E-state index in [0.29, 0.717) is 11.8 Å². The number of thioether (sulfide) groups is 1. The Morgan fingerprint density at radius 2 is 2.13 bits per heavy atom. The Morgan fingerprint density at radius 3 is 2.73 bits per heavy atom. The Kier molecular flexibility index (Phi) is 4.03. The van der Waals surface area contributed by atoms with Gasteiger partial charge in [0.2, 0.25) is 0 Å². The summed E-state index contributed by atoms with van der Waals surface area (Å²) in [5.74, 6) is 0.557. The summed E-state index contributed by atoms with van der Waals surface area (Å²) in [6, 6.07) is 9.03. The molecule has 0 saturated carbocycles. The lowest BCUT2D eigenvalue weighted by atomic mass is 10.1. The second kappa shape index (κ2) is 5.52. The third-order valence-corrected chi connectivity index (χ3v) is 3.65. The van der Waals surface area contributed by atoms with Crippen LogP contribution in [0.2, 0.25) is 0 Å². The lowest BCUT2D eigenvalue weighted by Crippen LogP contribution is -2.12. The van der Waals surface area contributed by atoms with Crippen molar-refractivity contribution in [2.24, 2.45) is 0 Å². The van der Waals surface area contributed by atoms with Crippen LogP contribution in [0.4, 0.5) is 4.39 Å². The Labute approximate surface area is 94.5 Å². The zero-order chi connectivity index (χ0) is 10.5. The number of hydrogen-bond acceptors (Lipinski definition) is 2. The summed E-state index contributed by atoms with van der Waals surface area (Å²) in [4.78, 5) is 1.16. The van der Waals surface area contributed by atoms with Gasteiger partial charge in [0, 0.05) is 16.7 Å². The summed E-state index contributed by atoms with van der Waals surface area (Å²) in [7, 11) is 0. The quantitative estimate of drug-likeness (QED) is 0.790. The van der Waals surface area contributed by atoms with Gasteiger partial charge in [0.1, 0.15) is 0 Å². The highest BCUT2D eigenvalue weighted by Crippen LogP contribution is 2.25. The SMILES string of the molecule is FCCSc1ccc(C2CCCN2)cc1. The van der Waals surface area contributed by atoms with Gasteiger partial charge >= 0.3 is 0 Å². The monoisotopic (exact) mass is 225 g/mol. The van der Waals surface area contributed by atoms with Crippen LogP contribution in [0, 0.1) is 0 Å². The van der Waals surface area contributed by atoms with Gasteiger partial charge in [0.25, 0.3) is 0 Å². The maximum absolute atomic E-state index is 12.0. The Hall–Kier alpha value is -0.540. The molecule has 0 bridgehead atoms. The predicted octanol–water partition coefficient (Wildman–Crippen LogP) is 3.17. The molecular weight excluding hydrogens is 209 g/mol. The van der Waals surface area contributed by atoms with E-state index in [1.165, 1.54) is 18.4 Å². The zero-order valence-corrected chi connectivity index (χ0v) is 9.52. The maximum atomic E-state index is 12.0. The molecule has 1 saturated heterocycles. The van der Waals surface area contributed by atoms with Gasteiger partial charge in [0.15, 0.2) is 0 Å². The molecule has 1 heterocycles. The summed E-state index contributed by atoms with van der Waals surface area (Å²) >= 11 is 1.58. The summed E-state index contributed by atoms with van der Waals surface area (Å²) in [5, 5.41) is 3.47. The van der Waals surface area contributed by atoms with Gasteiger partial charge < -0.3 is 5.32 Å². The van der Waals surface area contributed by atoms with E-state index < -0.39 is 0 Å². The van der Waals surface area contributed by atoms with Gasteiger partial charge in [-0.1, -0.05) is 12.1 Å². The fourth-order valence-electron chi connectivity index (χ4n) is 1.92. The van der Waals surface area contributed by atoms with Crippen molar-refractivity contribution in [1.82, 2.24) is 5.32 Å². The minimum atomic E-state index is -0.253. The van der Waals surface area contributed by atoms with E-state index >= 15 is 0 Å². The van der Waals surface area contributed by atoms with Crippen molar-refractivity contribution in [3.05, 3.63) is 29.8 Å². The average molecular weight is 225 g/mol. The number of halogens is 1. The average Bonchev–Trinajstić information content (AvgIpc) is 2.80. The predicted molar refractivity (Wildman–Crippen MR) is 63.1 cm³/mol. The van der Waals surface area contributed by atoms with Crippen LogP contribution in [0.25, 0.3) is 0 Å². The van der Waals surface area contributed by atoms with Crippen molar-refractivity contribution < 1.29 is 4.39 Å². The van der Waals surface area contributed by atoms with E-state index in [9.17, 15) is 4.39 Å². The second-order valence-electron chi connectivity index (χ2n) is 3.76. The van der Waals surface area contributed by atoms with E-state index in [1.807, 2.05) is 0 Å². The van der Waals surface area contributed by atoms with E-state index in [1.54, 1.807) is 11.8 Å².